The molecule has 44 heavy (non-hydrogen) atoms. The van der Waals surface area contributed by atoms with Gasteiger partial charge in [-0.2, -0.15) is 0 Å². The number of carbonyl (C=O) groups excluding carboxylic acids is 4. The van der Waals surface area contributed by atoms with Crippen LogP contribution in [0.25, 0.3) is 0 Å². The van der Waals surface area contributed by atoms with E-state index in [0.717, 1.165) is 11.1 Å². The third kappa shape index (κ3) is 8.19. The summed E-state index contributed by atoms with van der Waals surface area (Å²) in [7, 11) is 3.27. The SMILES string of the molecule is CN(C)C(=O)[C@H](Cc1ccccc1)NC(=O)[C@H](Cc1ccccc1)NC(=O)[C@](C)(NC(=O)c1ccccc1)c1ccccc1. The summed E-state index contributed by atoms with van der Waals surface area (Å²) in [6.07, 6.45) is 0.453. The van der Waals surface area contributed by atoms with Gasteiger partial charge in [0.25, 0.3) is 11.8 Å². The predicted octanol–water partition coefficient (Wildman–Crippen LogP) is 3.88. The maximum Gasteiger partial charge on any atom is 0.252 e. The first kappa shape index (κ1) is 31.7. The minimum Gasteiger partial charge on any atom is -0.347 e. The third-order valence-corrected chi connectivity index (χ3v) is 7.45. The Morgan fingerprint density at radius 3 is 1.59 bits per heavy atom. The molecule has 0 saturated carbocycles. The van der Waals surface area contributed by atoms with Crippen LogP contribution in [0.2, 0.25) is 0 Å². The number of hydrogen-bond acceptors (Lipinski definition) is 4. The highest BCUT2D eigenvalue weighted by atomic mass is 16.2. The zero-order valence-corrected chi connectivity index (χ0v) is 25.2. The lowest BCUT2D eigenvalue weighted by Crippen LogP contribution is -2.60. The van der Waals surface area contributed by atoms with E-state index in [1.165, 1.54) is 4.90 Å². The maximum absolute atomic E-state index is 14.2. The van der Waals surface area contributed by atoms with Gasteiger partial charge in [-0.05, 0) is 35.7 Å². The van der Waals surface area contributed by atoms with Crippen LogP contribution >= 0.6 is 0 Å². The van der Waals surface area contributed by atoms with Crippen molar-refractivity contribution >= 4 is 23.6 Å². The van der Waals surface area contributed by atoms with E-state index in [2.05, 4.69) is 16.0 Å². The summed E-state index contributed by atoms with van der Waals surface area (Å²) in [5, 5.41) is 8.70. The molecule has 0 unspecified atom stereocenters. The normalized spacial score (nSPS) is 13.4. The molecule has 0 aliphatic rings. The fourth-order valence-corrected chi connectivity index (χ4v) is 4.92. The summed E-state index contributed by atoms with van der Waals surface area (Å²) in [4.78, 5) is 56.0. The quantitative estimate of drug-likeness (QED) is 0.233. The van der Waals surface area contributed by atoms with Crippen LogP contribution in [0.3, 0.4) is 0 Å². The molecule has 0 spiro atoms. The molecule has 0 bridgehead atoms. The van der Waals surface area contributed by atoms with Gasteiger partial charge in [-0.25, -0.2) is 0 Å². The fourth-order valence-electron chi connectivity index (χ4n) is 4.92. The molecule has 8 heteroatoms. The maximum atomic E-state index is 14.2. The van der Waals surface area contributed by atoms with Crippen molar-refractivity contribution in [2.75, 3.05) is 14.1 Å². The molecule has 0 aliphatic carbocycles. The van der Waals surface area contributed by atoms with Gasteiger partial charge in [0.05, 0.1) is 0 Å². The smallest absolute Gasteiger partial charge is 0.252 e. The Balaban J connectivity index is 1.64. The summed E-state index contributed by atoms with van der Waals surface area (Å²) in [5.41, 5.74) is 1.13. The first-order chi connectivity index (χ1) is 21.2. The lowest BCUT2D eigenvalue weighted by Gasteiger charge is -2.32. The first-order valence-corrected chi connectivity index (χ1v) is 14.5. The fraction of sp³-hybridized carbons (Fsp3) is 0.222. The molecule has 3 atom stereocenters. The zero-order chi connectivity index (χ0) is 31.5. The molecule has 0 fully saturated rings. The summed E-state index contributed by atoms with van der Waals surface area (Å²) in [5.74, 6) is -1.78. The van der Waals surface area contributed by atoms with Crippen LogP contribution in [0, 0.1) is 0 Å². The average Bonchev–Trinajstić information content (AvgIpc) is 3.05. The van der Waals surface area contributed by atoms with E-state index in [-0.39, 0.29) is 18.7 Å². The van der Waals surface area contributed by atoms with Gasteiger partial charge in [-0.1, -0.05) is 109 Å². The molecule has 8 nitrogen and oxygen atoms in total. The number of nitrogens with zero attached hydrogens (tertiary/aromatic N) is 1. The number of hydrogen-bond donors (Lipinski definition) is 3. The van der Waals surface area contributed by atoms with Crippen LogP contribution in [0.4, 0.5) is 0 Å². The molecule has 0 heterocycles. The van der Waals surface area contributed by atoms with Gasteiger partial charge < -0.3 is 20.9 Å². The minimum absolute atomic E-state index is 0.171. The number of likely N-dealkylation sites (N-methyl/N-ethyl adjacent to an activating group) is 1. The number of nitrogens with one attached hydrogen (secondary N) is 3. The summed E-state index contributed by atoms with van der Waals surface area (Å²) in [6.45, 7) is 1.61. The van der Waals surface area contributed by atoms with Crippen LogP contribution in [-0.2, 0) is 32.8 Å². The number of amides is 4. The third-order valence-electron chi connectivity index (χ3n) is 7.45. The second-order valence-electron chi connectivity index (χ2n) is 11.0. The molecule has 0 saturated heterocycles. The molecule has 4 rings (SSSR count). The van der Waals surface area contributed by atoms with E-state index < -0.39 is 35.3 Å². The molecule has 4 aromatic carbocycles. The molecule has 0 aliphatic heterocycles. The Morgan fingerprint density at radius 1 is 0.636 bits per heavy atom. The minimum atomic E-state index is -1.52. The van der Waals surface area contributed by atoms with Gasteiger partial charge in [0.15, 0.2) is 0 Å². The van der Waals surface area contributed by atoms with E-state index in [9.17, 15) is 19.2 Å². The highest BCUT2D eigenvalue weighted by Crippen LogP contribution is 2.23. The van der Waals surface area contributed by atoms with Gasteiger partial charge in [0, 0.05) is 32.5 Å². The predicted molar refractivity (Wildman–Crippen MR) is 171 cm³/mol. The Labute approximate surface area is 258 Å². The Morgan fingerprint density at radius 2 is 1.09 bits per heavy atom. The topological polar surface area (TPSA) is 108 Å². The van der Waals surface area contributed by atoms with Crippen molar-refractivity contribution in [2.45, 2.75) is 37.4 Å². The standard InChI is InChI=1S/C36H38N4O4/c1-36(29-22-14-7-15-23-29,39-32(41)28-20-12-6-13-21-28)35(44)38-30(24-26-16-8-4-9-17-26)33(42)37-31(34(43)40(2)3)25-27-18-10-5-11-19-27/h4-23,30-31H,24-25H2,1-3H3,(H,37,42)(H,38,44)(H,39,41)/t30-,31-,36+/m0/s1. The van der Waals surface area contributed by atoms with E-state index >= 15 is 0 Å². The second kappa shape index (κ2) is 14.8. The zero-order valence-electron chi connectivity index (χ0n) is 25.2. The molecular formula is C36H38N4O4. The van der Waals surface area contributed by atoms with Crippen molar-refractivity contribution in [2.24, 2.45) is 0 Å². The van der Waals surface area contributed by atoms with Crippen molar-refractivity contribution < 1.29 is 19.2 Å². The molecule has 3 N–H and O–H groups in total. The van der Waals surface area contributed by atoms with Gasteiger partial charge >= 0.3 is 0 Å². The molecule has 226 valence electrons. The summed E-state index contributed by atoms with van der Waals surface area (Å²) >= 11 is 0. The second-order valence-corrected chi connectivity index (χ2v) is 11.0. The van der Waals surface area contributed by atoms with Gasteiger partial charge in [0.2, 0.25) is 11.8 Å². The molecular weight excluding hydrogens is 552 g/mol. The average molecular weight is 591 g/mol. The van der Waals surface area contributed by atoms with Crippen molar-refractivity contribution in [3.05, 3.63) is 144 Å². The molecule has 4 amide bonds. The molecule has 0 radical (unpaired) electrons. The molecule has 4 aromatic rings. The van der Waals surface area contributed by atoms with E-state index in [0.29, 0.717) is 11.1 Å². The van der Waals surface area contributed by atoms with Crippen molar-refractivity contribution in [1.82, 2.24) is 20.9 Å². The summed E-state index contributed by atoms with van der Waals surface area (Å²) in [6, 6.07) is 34.4. The van der Waals surface area contributed by atoms with Crippen molar-refractivity contribution in [3.8, 4) is 0 Å². The largest absolute Gasteiger partial charge is 0.347 e. The van der Waals surface area contributed by atoms with Gasteiger partial charge in [-0.15, -0.1) is 0 Å². The number of carbonyl (C=O) groups is 4. The lowest BCUT2D eigenvalue weighted by atomic mass is 9.89. The van der Waals surface area contributed by atoms with Crippen molar-refractivity contribution in [1.29, 1.82) is 0 Å². The number of benzene rings is 4. The Kier molecular flexibility index (Phi) is 10.6. The Bertz CT molecular complexity index is 1550. The molecule has 0 aromatic heterocycles. The lowest BCUT2D eigenvalue weighted by molar-refractivity contribution is -0.136. The van der Waals surface area contributed by atoms with Crippen LogP contribution in [0.1, 0.15) is 34.0 Å². The van der Waals surface area contributed by atoms with Crippen LogP contribution in [0.15, 0.2) is 121 Å². The van der Waals surface area contributed by atoms with E-state index in [4.69, 9.17) is 0 Å². The van der Waals surface area contributed by atoms with Gasteiger partial charge in [-0.3, -0.25) is 19.2 Å². The highest BCUT2D eigenvalue weighted by Gasteiger charge is 2.39. The first-order valence-electron chi connectivity index (χ1n) is 14.5. The summed E-state index contributed by atoms with van der Waals surface area (Å²) < 4.78 is 0. The van der Waals surface area contributed by atoms with Crippen LogP contribution in [0.5, 0.6) is 0 Å². The van der Waals surface area contributed by atoms with Crippen LogP contribution in [-0.4, -0.2) is 54.7 Å². The number of rotatable bonds is 12. The Hall–Kier alpha value is -5.24. The van der Waals surface area contributed by atoms with Crippen LogP contribution < -0.4 is 16.0 Å². The monoisotopic (exact) mass is 590 g/mol. The van der Waals surface area contributed by atoms with E-state index in [1.54, 1.807) is 75.6 Å². The van der Waals surface area contributed by atoms with Crippen molar-refractivity contribution in [3.63, 3.8) is 0 Å². The van der Waals surface area contributed by atoms with E-state index in [1.807, 2.05) is 66.7 Å². The highest BCUT2D eigenvalue weighted by molar-refractivity contribution is 6.01. The van der Waals surface area contributed by atoms with Gasteiger partial charge in [0.1, 0.15) is 17.6 Å².